The minimum atomic E-state index is -0.380. The van der Waals surface area contributed by atoms with Gasteiger partial charge in [-0.15, -0.1) is 5.10 Å². The summed E-state index contributed by atoms with van der Waals surface area (Å²) >= 11 is 3.56. The lowest BCUT2D eigenvalue weighted by Crippen LogP contribution is -2.17. The summed E-state index contributed by atoms with van der Waals surface area (Å²) in [5.74, 6) is 0.489. The largest absolute Gasteiger partial charge is 0.373 e. The molecule has 1 aromatic carbocycles. The van der Waals surface area contributed by atoms with E-state index in [1.807, 2.05) is 43.4 Å². The molecule has 1 N–H and O–H groups in total. The van der Waals surface area contributed by atoms with Gasteiger partial charge in [-0.05, 0) is 28.1 Å². The molecule has 0 spiro atoms. The number of aliphatic imine (C=N–C) groups is 1. The van der Waals surface area contributed by atoms with Crippen LogP contribution in [-0.2, 0) is 11.8 Å². The quantitative estimate of drug-likeness (QED) is 0.494. The number of carbonyl (C=O) groups is 1. The van der Waals surface area contributed by atoms with Crippen LogP contribution in [0, 0.1) is 0 Å². The van der Waals surface area contributed by atoms with E-state index in [0.29, 0.717) is 35.2 Å². The molecule has 0 atom stereocenters. The molecule has 5 rings (SSSR count). The zero-order valence-corrected chi connectivity index (χ0v) is 17.7. The highest BCUT2D eigenvalue weighted by molar-refractivity contribution is 9.10. The van der Waals surface area contributed by atoms with Crippen molar-refractivity contribution in [1.29, 1.82) is 0 Å². The van der Waals surface area contributed by atoms with Gasteiger partial charge < -0.3 is 10.2 Å². The smallest absolute Gasteiger partial charge is 0.294 e. The number of aryl methyl sites for hydroxylation is 1. The van der Waals surface area contributed by atoms with Crippen LogP contribution in [0.2, 0.25) is 0 Å². The molecular formula is C19H16BrN9O. The first-order chi connectivity index (χ1) is 14.5. The van der Waals surface area contributed by atoms with Crippen molar-refractivity contribution in [3.8, 4) is 11.4 Å². The van der Waals surface area contributed by atoms with Crippen molar-refractivity contribution in [3.63, 3.8) is 0 Å². The molecule has 0 unspecified atom stereocenters. The number of nitrogens with zero attached hydrogens (tertiary/aromatic N) is 8. The van der Waals surface area contributed by atoms with E-state index < -0.39 is 0 Å². The van der Waals surface area contributed by atoms with E-state index in [1.165, 1.54) is 0 Å². The average Bonchev–Trinajstić information content (AvgIpc) is 3.31. The number of carbonyl (C=O) groups excluding carboxylic acids is 1. The topological polar surface area (TPSA) is 106 Å². The number of benzene rings is 1. The van der Waals surface area contributed by atoms with E-state index in [-0.39, 0.29) is 5.91 Å². The van der Waals surface area contributed by atoms with E-state index in [9.17, 15) is 4.79 Å². The zero-order chi connectivity index (χ0) is 20.8. The average molecular weight is 466 g/mol. The number of halogens is 1. The maximum atomic E-state index is 12.4. The molecule has 0 saturated heterocycles. The molecule has 0 bridgehead atoms. The standard InChI is InChI=1S/C19H16BrN9O/c1-27-7-6-21-18(30)14(10-27)23-19-24-15-12(4-3-5-13(15)20)17-25-16(26-29(17)19)11-8-22-28(2)9-11/h3-6,8-10H,7H2,1-2H3,(H,23,24). The SMILES string of the molecule is CN1C=C(Nc2nc3c(Br)cccc3c3nc(-c4cnn(C)c4)nn23)C(=O)N=CC1. The summed E-state index contributed by atoms with van der Waals surface area (Å²) in [7, 11) is 3.70. The fraction of sp³-hybridized carbons (Fsp3) is 0.158. The Morgan fingerprint density at radius 2 is 2.07 bits per heavy atom. The molecule has 4 aromatic rings. The Morgan fingerprint density at radius 3 is 2.87 bits per heavy atom. The second-order valence-corrected chi connectivity index (χ2v) is 7.72. The molecule has 11 heteroatoms. The van der Waals surface area contributed by atoms with Gasteiger partial charge in [-0.25, -0.2) is 15.0 Å². The lowest BCUT2D eigenvalue weighted by Gasteiger charge is -2.13. The molecule has 0 aliphatic carbocycles. The predicted octanol–water partition coefficient (Wildman–Crippen LogP) is 2.24. The molecule has 1 aliphatic heterocycles. The molecule has 1 amide bonds. The van der Waals surface area contributed by atoms with E-state index in [2.05, 4.69) is 36.4 Å². The van der Waals surface area contributed by atoms with Gasteiger partial charge in [0.2, 0.25) is 5.95 Å². The number of para-hydroxylation sites is 1. The third kappa shape index (κ3) is 3.12. The maximum absolute atomic E-state index is 12.4. The van der Waals surface area contributed by atoms with Gasteiger partial charge in [-0.3, -0.25) is 9.48 Å². The van der Waals surface area contributed by atoms with E-state index >= 15 is 0 Å². The van der Waals surface area contributed by atoms with Crippen LogP contribution in [0.15, 0.2) is 52.0 Å². The lowest BCUT2D eigenvalue weighted by molar-refractivity contribution is -0.114. The minimum absolute atomic E-state index is 0.296. The van der Waals surface area contributed by atoms with Gasteiger partial charge in [0.25, 0.3) is 5.91 Å². The van der Waals surface area contributed by atoms with Gasteiger partial charge in [-0.2, -0.15) is 9.61 Å². The third-order valence-corrected chi connectivity index (χ3v) is 5.26. The number of rotatable bonds is 3. The Labute approximate surface area is 179 Å². The van der Waals surface area contributed by atoms with Crippen molar-refractivity contribution in [1.82, 2.24) is 34.3 Å². The Hall–Kier alpha value is -3.60. The molecule has 4 heterocycles. The highest BCUT2D eigenvalue weighted by atomic mass is 79.9. The predicted molar refractivity (Wildman–Crippen MR) is 116 cm³/mol. The lowest BCUT2D eigenvalue weighted by atomic mass is 10.2. The van der Waals surface area contributed by atoms with Crippen LogP contribution >= 0.6 is 15.9 Å². The second-order valence-electron chi connectivity index (χ2n) is 6.87. The van der Waals surface area contributed by atoms with Gasteiger partial charge in [0, 0.05) is 42.6 Å². The van der Waals surface area contributed by atoms with E-state index in [0.717, 1.165) is 15.4 Å². The summed E-state index contributed by atoms with van der Waals surface area (Å²) in [6, 6.07) is 5.75. The Bertz CT molecular complexity index is 1370. The fourth-order valence-corrected chi connectivity index (χ4v) is 3.65. The van der Waals surface area contributed by atoms with Crippen LogP contribution in [0.4, 0.5) is 5.95 Å². The summed E-state index contributed by atoms with van der Waals surface area (Å²) in [6.07, 6.45) is 6.82. The maximum Gasteiger partial charge on any atom is 0.294 e. The summed E-state index contributed by atoms with van der Waals surface area (Å²) in [4.78, 5) is 27.6. The number of aromatic nitrogens is 6. The van der Waals surface area contributed by atoms with Gasteiger partial charge >= 0.3 is 0 Å². The van der Waals surface area contributed by atoms with Crippen molar-refractivity contribution >= 4 is 50.6 Å². The molecule has 3 aromatic heterocycles. The van der Waals surface area contributed by atoms with Gasteiger partial charge in [-0.1, -0.05) is 6.07 Å². The fourth-order valence-electron chi connectivity index (χ4n) is 3.19. The summed E-state index contributed by atoms with van der Waals surface area (Å²) in [6.45, 7) is 0.539. The van der Waals surface area contributed by atoms with Crippen molar-refractivity contribution < 1.29 is 4.79 Å². The molecule has 1 aliphatic rings. The van der Waals surface area contributed by atoms with Crippen molar-refractivity contribution in [2.75, 3.05) is 18.9 Å². The first-order valence-electron chi connectivity index (χ1n) is 9.09. The van der Waals surface area contributed by atoms with Crippen LogP contribution in [0.5, 0.6) is 0 Å². The normalized spacial score (nSPS) is 14.4. The zero-order valence-electron chi connectivity index (χ0n) is 16.1. The van der Waals surface area contributed by atoms with Crippen LogP contribution in [0.3, 0.4) is 0 Å². The molecule has 0 radical (unpaired) electrons. The van der Waals surface area contributed by atoms with Crippen LogP contribution in [-0.4, -0.2) is 60.0 Å². The van der Waals surface area contributed by atoms with Crippen molar-refractivity contribution in [3.05, 3.63) is 47.0 Å². The molecule has 30 heavy (non-hydrogen) atoms. The summed E-state index contributed by atoms with van der Waals surface area (Å²) < 4.78 is 4.10. The van der Waals surface area contributed by atoms with Crippen molar-refractivity contribution in [2.45, 2.75) is 0 Å². The molecule has 10 nitrogen and oxygen atoms in total. The molecule has 150 valence electrons. The van der Waals surface area contributed by atoms with Gasteiger partial charge in [0.05, 0.1) is 23.8 Å². The Morgan fingerprint density at radius 1 is 1.20 bits per heavy atom. The number of anilines is 1. The Balaban J connectivity index is 1.73. The van der Waals surface area contributed by atoms with Crippen LogP contribution in [0.25, 0.3) is 27.9 Å². The van der Waals surface area contributed by atoms with E-state index in [4.69, 9.17) is 9.97 Å². The van der Waals surface area contributed by atoms with Crippen LogP contribution in [0.1, 0.15) is 0 Å². The first kappa shape index (κ1) is 18.4. The van der Waals surface area contributed by atoms with E-state index in [1.54, 1.807) is 27.8 Å². The third-order valence-electron chi connectivity index (χ3n) is 4.62. The van der Waals surface area contributed by atoms with Gasteiger partial charge in [0.15, 0.2) is 11.5 Å². The number of hydrogen-bond donors (Lipinski definition) is 1. The first-order valence-corrected chi connectivity index (χ1v) is 9.89. The monoisotopic (exact) mass is 465 g/mol. The molecular weight excluding hydrogens is 450 g/mol. The minimum Gasteiger partial charge on any atom is -0.373 e. The number of fused-ring (bicyclic) bond motifs is 3. The number of nitrogens with one attached hydrogen (secondary N) is 1. The highest BCUT2D eigenvalue weighted by Gasteiger charge is 2.20. The molecule has 0 fully saturated rings. The number of hydrogen-bond acceptors (Lipinski definition) is 7. The Kier molecular flexibility index (Phi) is 4.31. The highest BCUT2D eigenvalue weighted by Crippen LogP contribution is 2.29. The second kappa shape index (κ2) is 7.02. The van der Waals surface area contributed by atoms with Gasteiger partial charge in [0.1, 0.15) is 5.70 Å². The molecule has 0 saturated carbocycles. The summed E-state index contributed by atoms with van der Waals surface area (Å²) in [5.41, 5.74) is 2.40. The summed E-state index contributed by atoms with van der Waals surface area (Å²) in [5, 5.41) is 12.8. The number of amides is 1. The van der Waals surface area contributed by atoms with Crippen molar-refractivity contribution in [2.24, 2.45) is 12.0 Å². The van der Waals surface area contributed by atoms with Crippen LogP contribution < -0.4 is 5.32 Å².